The van der Waals surface area contributed by atoms with Crippen molar-refractivity contribution in [1.29, 1.82) is 0 Å². The summed E-state index contributed by atoms with van der Waals surface area (Å²) in [5.74, 6) is 2.32. The van der Waals surface area contributed by atoms with E-state index in [1.807, 2.05) is 49.4 Å². The molecular formula is C28H27N3O6S. The molecule has 0 bridgehead atoms. The minimum Gasteiger partial charge on any atom is -0.497 e. The number of carbonyl (C=O) groups excluding carboxylic acids is 2. The van der Waals surface area contributed by atoms with E-state index in [9.17, 15) is 9.59 Å². The Labute approximate surface area is 224 Å². The van der Waals surface area contributed by atoms with Crippen LogP contribution in [0, 0.1) is 0 Å². The van der Waals surface area contributed by atoms with Crippen molar-refractivity contribution in [2.24, 2.45) is 4.99 Å². The minimum atomic E-state index is -0.608. The highest BCUT2D eigenvalue weighted by Crippen LogP contribution is 2.36. The second kappa shape index (κ2) is 11.5. The van der Waals surface area contributed by atoms with Crippen molar-refractivity contribution in [3.63, 3.8) is 0 Å². The van der Waals surface area contributed by atoms with Gasteiger partial charge in [0.05, 0.1) is 25.9 Å². The number of ether oxygens (including phenoxy) is 4. The Hall–Kier alpha value is -4.18. The van der Waals surface area contributed by atoms with Crippen LogP contribution in [0.2, 0.25) is 0 Å². The summed E-state index contributed by atoms with van der Waals surface area (Å²) in [5.41, 5.74) is 2.18. The molecule has 0 saturated carbocycles. The fraction of sp³-hybridized carbons (Fsp3) is 0.250. The largest absolute Gasteiger partial charge is 0.497 e. The molecule has 1 saturated heterocycles. The lowest BCUT2D eigenvalue weighted by Gasteiger charge is -2.17. The van der Waals surface area contributed by atoms with Gasteiger partial charge in [0.1, 0.15) is 16.7 Å². The van der Waals surface area contributed by atoms with Crippen LogP contribution in [0.25, 0.3) is 0 Å². The zero-order chi connectivity index (χ0) is 26.5. The maximum absolute atomic E-state index is 13.5. The molecule has 0 unspecified atom stereocenters. The van der Waals surface area contributed by atoms with Crippen molar-refractivity contribution < 1.29 is 28.5 Å². The smallest absolute Gasteiger partial charge is 0.242 e. The van der Waals surface area contributed by atoms with Crippen molar-refractivity contribution in [2.75, 3.05) is 25.8 Å². The number of fused-ring (bicyclic) bond motifs is 1. The molecule has 2 aliphatic heterocycles. The SMILES string of the molecule is CCOc1ccc(NC(=O)C[C@@H]2SC(=Nc3ccc(OC)cc3)N(Cc3ccc4c(c3)OCO4)C2=O)cc1. The number of amidine groups is 1. The van der Waals surface area contributed by atoms with Gasteiger partial charge in [-0.15, -0.1) is 0 Å². The third kappa shape index (κ3) is 5.86. The number of rotatable bonds is 9. The summed E-state index contributed by atoms with van der Waals surface area (Å²) in [6, 6.07) is 20.0. The molecule has 2 aliphatic rings. The van der Waals surface area contributed by atoms with E-state index in [0.29, 0.717) is 40.4 Å². The van der Waals surface area contributed by atoms with Crippen LogP contribution in [-0.2, 0) is 16.1 Å². The molecule has 0 spiro atoms. The number of thioether (sulfide) groups is 1. The third-order valence-corrected chi connectivity index (χ3v) is 7.09. The molecule has 0 aliphatic carbocycles. The monoisotopic (exact) mass is 533 g/mol. The minimum absolute atomic E-state index is 0.00990. The van der Waals surface area contributed by atoms with Gasteiger partial charge in [-0.3, -0.25) is 14.5 Å². The number of hydrogen-bond donors (Lipinski definition) is 1. The maximum atomic E-state index is 13.5. The lowest BCUT2D eigenvalue weighted by atomic mass is 10.1. The van der Waals surface area contributed by atoms with E-state index in [2.05, 4.69) is 5.32 Å². The first-order valence-corrected chi connectivity index (χ1v) is 13.0. The fourth-order valence-electron chi connectivity index (χ4n) is 4.04. The maximum Gasteiger partial charge on any atom is 0.242 e. The number of nitrogens with zero attached hydrogens (tertiary/aromatic N) is 2. The van der Waals surface area contributed by atoms with Crippen LogP contribution in [0.4, 0.5) is 11.4 Å². The molecule has 10 heteroatoms. The van der Waals surface area contributed by atoms with Crippen LogP contribution in [0.1, 0.15) is 18.9 Å². The van der Waals surface area contributed by atoms with E-state index in [-0.39, 0.29) is 31.6 Å². The van der Waals surface area contributed by atoms with Crippen molar-refractivity contribution in [3.05, 3.63) is 72.3 Å². The predicted octanol–water partition coefficient (Wildman–Crippen LogP) is 4.98. The molecule has 5 rings (SSSR count). The van der Waals surface area contributed by atoms with Gasteiger partial charge in [-0.25, -0.2) is 4.99 Å². The molecular weight excluding hydrogens is 506 g/mol. The van der Waals surface area contributed by atoms with Gasteiger partial charge in [0.15, 0.2) is 16.7 Å². The van der Waals surface area contributed by atoms with Crippen molar-refractivity contribution in [1.82, 2.24) is 4.90 Å². The van der Waals surface area contributed by atoms with Gasteiger partial charge < -0.3 is 24.3 Å². The standard InChI is InChI=1S/C28H27N3O6S/c1-3-35-22-11-7-19(8-12-22)29-26(32)15-25-27(33)31(16-18-4-13-23-24(14-18)37-17-36-23)28(38-25)30-20-5-9-21(34-2)10-6-20/h4-14,25H,3,15-17H2,1-2H3,(H,29,32)/t25-/m0/s1. The Kier molecular flexibility index (Phi) is 7.69. The number of carbonyl (C=O) groups is 2. The molecule has 196 valence electrons. The predicted molar refractivity (Wildman–Crippen MR) is 145 cm³/mol. The van der Waals surface area contributed by atoms with Crippen LogP contribution < -0.4 is 24.3 Å². The Morgan fingerprint density at radius 3 is 2.53 bits per heavy atom. The van der Waals surface area contributed by atoms with Gasteiger partial charge in [-0.1, -0.05) is 17.8 Å². The summed E-state index contributed by atoms with van der Waals surface area (Å²) >= 11 is 1.28. The number of amides is 2. The lowest BCUT2D eigenvalue weighted by molar-refractivity contribution is -0.128. The van der Waals surface area contributed by atoms with Crippen molar-refractivity contribution in [3.8, 4) is 23.0 Å². The van der Waals surface area contributed by atoms with Gasteiger partial charge in [-0.2, -0.15) is 0 Å². The first-order valence-electron chi connectivity index (χ1n) is 12.1. The van der Waals surface area contributed by atoms with Gasteiger partial charge in [-0.05, 0) is 73.2 Å². The number of benzene rings is 3. The van der Waals surface area contributed by atoms with E-state index in [1.165, 1.54) is 11.8 Å². The summed E-state index contributed by atoms with van der Waals surface area (Å²) in [5, 5.41) is 2.78. The number of nitrogens with one attached hydrogen (secondary N) is 1. The lowest BCUT2D eigenvalue weighted by Crippen LogP contribution is -2.33. The highest BCUT2D eigenvalue weighted by molar-refractivity contribution is 8.15. The fourth-order valence-corrected chi connectivity index (χ4v) is 5.20. The number of aliphatic imine (C=N–C) groups is 1. The molecule has 9 nitrogen and oxygen atoms in total. The first-order chi connectivity index (χ1) is 18.5. The van der Waals surface area contributed by atoms with E-state index in [0.717, 1.165) is 11.3 Å². The number of methoxy groups -OCH3 is 1. The van der Waals surface area contributed by atoms with Crippen molar-refractivity contribution >= 4 is 40.1 Å². The van der Waals surface area contributed by atoms with Gasteiger partial charge in [0.2, 0.25) is 18.6 Å². The third-order valence-electron chi connectivity index (χ3n) is 5.91. The molecule has 2 amide bonds. The summed E-state index contributed by atoms with van der Waals surface area (Å²) in [7, 11) is 1.60. The van der Waals surface area contributed by atoms with Crippen LogP contribution >= 0.6 is 11.8 Å². The molecule has 1 N–H and O–H groups in total. The second-order valence-corrected chi connectivity index (χ2v) is 9.69. The zero-order valence-electron chi connectivity index (χ0n) is 21.0. The molecule has 0 radical (unpaired) electrons. The average molecular weight is 534 g/mol. The second-order valence-electron chi connectivity index (χ2n) is 8.52. The molecule has 2 heterocycles. The van der Waals surface area contributed by atoms with E-state index >= 15 is 0 Å². The number of anilines is 1. The number of hydrogen-bond acceptors (Lipinski definition) is 8. The van der Waals surface area contributed by atoms with E-state index in [4.69, 9.17) is 23.9 Å². The Morgan fingerprint density at radius 1 is 1.05 bits per heavy atom. The van der Waals surface area contributed by atoms with Gasteiger partial charge in [0, 0.05) is 12.1 Å². The molecule has 38 heavy (non-hydrogen) atoms. The summed E-state index contributed by atoms with van der Waals surface area (Å²) in [6.45, 7) is 2.94. The molecule has 3 aromatic carbocycles. The van der Waals surface area contributed by atoms with Crippen LogP contribution in [0.15, 0.2) is 71.7 Å². The molecule has 1 atom stereocenters. The summed E-state index contributed by atoms with van der Waals surface area (Å²) in [6.07, 6.45) is 0.00990. The van der Waals surface area contributed by atoms with Crippen LogP contribution in [-0.4, -0.2) is 47.6 Å². The van der Waals surface area contributed by atoms with Crippen LogP contribution in [0.5, 0.6) is 23.0 Å². The summed E-state index contributed by atoms with van der Waals surface area (Å²) in [4.78, 5) is 32.7. The van der Waals surface area contributed by atoms with Crippen LogP contribution in [0.3, 0.4) is 0 Å². The zero-order valence-corrected chi connectivity index (χ0v) is 21.8. The van der Waals surface area contributed by atoms with Crippen molar-refractivity contribution in [2.45, 2.75) is 25.1 Å². The highest BCUT2D eigenvalue weighted by atomic mass is 32.2. The molecule has 3 aromatic rings. The first kappa shape index (κ1) is 25.5. The van der Waals surface area contributed by atoms with Gasteiger partial charge in [0.25, 0.3) is 0 Å². The molecule has 1 fully saturated rings. The Balaban J connectivity index is 1.33. The Bertz CT molecular complexity index is 1340. The topological polar surface area (TPSA) is 98.7 Å². The molecule has 0 aromatic heterocycles. The van der Waals surface area contributed by atoms with E-state index in [1.54, 1.807) is 36.3 Å². The van der Waals surface area contributed by atoms with E-state index < -0.39 is 5.25 Å². The normalized spacial score (nSPS) is 17.1. The Morgan fingerprint density at radius 2 is 1.79 bits per heavy atom. The average Bonchev–Trinajstić information content (AvgIpc) is 3.50. The van der Waals surface area contributed by atoms with Gasteiger partial charge >= 0.3 is 0 Å². The quantitative estimate of drug-likeness (QED) is 0.414. The summed E-state index contributed by atoms with van der Waals surface area (Å²) < 4.78 is 21.6. The highest BCUT2D eigenvalue weighted by Gasteiger charge is 2.39.